The Kier molecular flexibility index (Phi) is 4.44. The third-order valence-corrected chi connectivity index (χ3v) is 4.80. The molecule has 0 bridgehead atoms. The van der Waals surface area contributed by atoms with Gasteiger partial charge in [-0.2, -0.15) is 0 Å². The van der Waals surface area contributed by atoms with Crippen molar-refractivity contribution in [3.05, 3.63) is 35.9 Å². The van der Waals surface area contributed by atoms with Crippen LogP contribution >= 0.6 is 0 Å². The topological polar surface area (TPSA) is 41.6 Å². The van der Waals surface area contributed by atoms with Crippen molar-refractivity contribution in [3.8, 4) is 0 Å². The van der Waals surface area contributed by atoms with Gasteiger partial charge >= 0.3 is 6.09 Å². The fourth-order valence-electron chi connectivity index (χ4n) is 3.72. The number of hydrogen-bond acceptors (Lipinski definition) is 3. The van der Waals surface area contributed by atoms with Crippen molar-refractivity contribution < 1.29 is 9.53 Å². The van der Waals surface area contributed by atoms with Gasteiger partial charge in [0.05, 0.1) is 0 Å². The van der Waals surface area contributed by atoms with E-state index in [-0.39, 0.29) is 12.1 Å². The highest BCUT2D eigenvalue weighted by Gasteiger charge is 2.37. The van der Waals surface area contributed by atoms with Crippen molar-refractivity contribution >= 4 is 6.09 Å². The third-order valence-electron chi connectivity index (χ3n) is 4.80. The minimum absolute atomic E-state index is 0.282. The van der Waals surface area contributed by atoms with Crippen molar-refractivity contribution in [2.75, 3.05) is 20.1 Å². The van der Waals surface area contributed by atoms with E-state index in [9.17, 15) is 4.79 Å². The lowest BCUT2D eigenvalue weighted by molar-refractivity contribution is 0.135. The van der Waals surface area contributed by atoms with Crippen LogP contribution in [0.15, 0.2) is 30.3 Å². The fraction of sp³-hybridized carbons (Fsp3) is 0.588. The zero-order valence-corrected chi connectivity index (χ0v) is 12.6. The number of likely N-dealkylation sites (tertiary alicyclic amines) is 1. The second-order valence-corrected chi connectivity index (χ2v) is 6.45. The molecular weight excluding hydrogens is 264 g/mol. The predicted molar refractivity (Wildman–Crippen MR) is 81.9 cm³/mol. The van der Waals surface area contributed by atoms with Crippen LogP contribution in [0.4, 0.5) is 4.79 Å². The number of nitrogens with one attached hydrogen (secondary N) is 1. The summed E-state index contributed by atoms with van der Waals surface area (Å²) in [4.78, 5) is 14.3. The molecule has 1 aliphatic heterocycles. The molecule has 114 valence electrons. The van der Waals surface area contributed by atoms with Gasteiger partial charge in [0.15, 0.2) is 0 Å². The van der Waals surface area contributed by atoms with E-state index >= 15 is 0 Å². The van der Waals surface area contributed by atoms with Crippen LogP contribution in [0.5, 0.6) is 0 Å². The number of benzene rings is 1. The minimum Gasteiger partial charge on any atom is -0.445 e. The van der Waals surface area contributed by atoms with Crippen molar-refractivity contribution in [2.24, 2.45) is 11.8 Å². The summed E-state index contributed by atoms with van der Waals surface area (Å²) < 4.78 is 5.30. The Labute approximate surface area is 126 Å². The van der Waals surface area contributed by atoms with Gasteiger partial charge in [-0.1, -0.05) is 30.3 Å². The van der Waals surface area contributed by atoms with Crippen molar-refractivity contribution in [1.29, 1.82) is 0 Å². The maximum Gasteiger partial charge on any atom is 0.407 e. The Bertz CT molecular complexity index is 477. The largest absolute Gasteiger partial charge is 0.445 e. The molecule has 2 aliphatic rings. The zero-order valence-electron chi connectivity index (χ0n) is 12.6. The van der Waals surface area contributed by atoms with Crippen LogP contribution in [0.1, 0.15) is 24.8 Å². The van der Waals surface area contributed by atoms with Crippen molar-refractivity contribution in [3.63, 3.8) is 0 Å². The van der Waals surface area contributed by atoms with E-state index in [0.29, 0.717) is 6.61 Å². The highest BCUT2D eigenvalue weighted by molar-refractivity contribution is 5.67. The van der Waals surface area contributed by atoms with Crippen LogP contribution in [-0.4, -0.2) is 37.2 Å². The molecule has 1 aliphatic carbocycles. The van der Waals surface area contributed by atoms with E-state index in [0.717, 1.165) is 30.2 Å². The molecule has 1 amide bonds. The molecule has 1 unspecified atom stereocenters. The summed E-state index contributed by atoms with van der Waals surface area (Å²) in [6, 6.07) is 10.1. The molecule has 1 aromatic carbocycles. The van der Waals surface area contributed by atoms with Gasteiger partial charge in [0, 0.05) is 12.6 Å². The maximum atomic E-state index is 11.9. The van der Waals surface area contributed by atoms with Gasteiger partial charge in [-0.05, 0) is 50.3 Å². The molecular formula is C17H24N2O2. The predicted octanol–water partition coefficient (Wildman–Crippen LogP) is 2.64. The van der Waals surface area contributed by atoms with Gasteiger partial charge in [-0.15, -0.1) is 0 Å². The van der Waals surface area contributed by atoms with Crippen molar-refractivity contribution in [1.82, 2.24) is 10.2 Å². The molecule has 0 spiro atoms. The van der Waals surface area contributed by atoms with Gasteiger partial charge in [0.2, 0.25) is 0 Å². The van der Waals surface area contributed by atoms with Gasteiger partial charge in [0.1, 0.15) is 6.61 Å². The second-order valence-electron chi connectivity index (χ2n) is 6.45. The van der Waals surface area contributed by atoms with Crippen LogP contribution in [0, 0.1) is 11.8 Å². The average molecular weight is 288 g/mol. The Morgan fingerprint density at radius 2 is 2.05 bits per heavy atom. The molecule has 0 aromatic heterocycles. The average Bonchev–Trinajstić information content (AvgIpc) is 2.87. The standard InChI is InChI=1S/C17H24N2O2/c1-19-8-7-14-9-16(10-15(14)11-19)18-17(20)21-12-13-5-3-2-4-6-13/h2-6,14-16H,7-12H2,1H3,(H,18,20)/t14-,15-,16?/m0/s1. The van der Waals surface area contributed by atoms with E-state index in [2.05, 4.69) is 17.3 Å². The van der Waals surface area contributed by atoms with Gasteiger partial charge in [0.25, 0.3) is 0 Å². The highest BCUT2D eigenvalue weighted by atomic mass is 16.5. The van der Waals surface area contributed by atoms with Crippen LogP contribution in [0.2, 0.25) is 0 Å². The molecule has 2 fully saturated rings. The molecule has 1 saturated heterocycles. The first-order valence-electron chi connectivity index (χ1n) is 7.86. The Hall–Kier alpha value is -1.55. The first-order valence-corrected chi connectivity index (χ1v) is 7.86. The Morgan fingerprint density at radius 3 is 2.86 bits per heavy atom. The van der Waals surface area contributed by atoms with Crippen LogP contribution < -0.4 is 5.32 Å². The number of carbonyl (C=O) groups is 1. The van der Waals surface area contributed by atoms with E-state index in [1.807, 2.05) is 30.3 Å². The minimum atomic E-state index is -0.282. The van der Waals surface area contributed by atoms with Crippen LogP contribution in [-0.2, 0) is 11.3 Å². The normalized spacial score (nSPS) is 28.9. The highest BCUT2D eigenvalue weighted by Crippen LogP contribution is 2.37. The van der Waals surface area contributed by atoms with Gasteiger partial charge in [-0.3, -0.25) is 0 Å². The number of nitrogens with zero attached hydrogens (tertiary/aromatic N) is 1. The summed E-state index contributed by atoms with van der Waals surface area (Å²) >= 11 is 0. The molecule has 4 heteroatoms. The van der Waals surface area contributed by atoms with Crippen molar-refractivity contribution in [2.45, 2.75) is 31.9 Å². The van der Waals surface area contributed by atoms with Gasteiger partial charge < -0.3 is 15.0 Å². The fourth-order valence-corrected chi connectivity index (χ4v) is 3.72. The van der Waals surface area contributed by atoms with E-state index < -0.39 is 0 Å². The third kappa shape index (κ3) is 3.76. The quantitative estimate of drug-likeness (QED) is 0.929. The summed E-state index contributed by atoms with van der Waals surface area (Å²) in [7, 11) is 2.19. The molecule has 21 heavy (non-hydrogen) atoms. The monoisotopic (exact) mass is 288 g/mol. The van der Waals surface area contributed by atoms with E-state index in [1.54, 1.807) is 0 Å². The summed E-state index contributed by atoms with van der Waals surface area (Å²) in [5, 5.41) is 3.04. The molecule has 1 heterocycles. The van der Waals surface area contributed by atoms with Crippen LogP contribution in [0.25, 0.3) is 0 Å². The molecule has 3 atom stereocenters. The smallest absolute Gasteiger partial charge is 0.407 e. The number of ether oxygens (including phenoxy) is 1. The SMILES string of the molecule is CN1CC[C@H]2CC(NC(=O)OCc3ccccc3)C[C@H]2C1. The lowest BCUT2D eigenvalue weighted by Crippen LogP contribution is -2.35. The number of amides is 1. The number of carbonyl (C=O) groups excluding carboxylic acids is 1. The number of fused-ring (bicyclic) bond motifs is 1. The maximum absolute atomic E-state index is 11.9. The van der Waals surface area contributed by atoms with Gasteiger partial charge in [-0.25, -0.2) is 4.79 Å². The molecule has 1 saturated carbocycles. The number of rotatable bonds is 3. The van der Waals surface area contributed by atoms with E-state index in [4.69, 9.17) is 4.74 Å². The number of hydrogen-bond donors (Lipinski definition) is 1. The molecule has 0 radical (unpaired) electrons. The molecule has 4 nitrogen and oxygen atoms in total. The molecule has 3 rings (SSSR count). The summed E-state index contributed by atoms with van der Waals surface area (Å²) in [5.41, 5.74) is 1.02. The number of piperidine rings is 1. The Morgan fingerprint density at radius 1 is 1.29 bits per heavy atom. The second kappa shape index (κ2) is 6.48. The molecule has 1 aromatic rings. The molecule has 1 N–H and O–H groups in total. The van der Waals surface area contributed by atoms with E-state index in [1.165, 1.54) is 19.5 Å². The first kappa shape index (κ1) is 14.4. The lowest BCUT2D eigenvalue weighted by atomic mass is 9.89. The first-order chi connectivity index (χ1) is 10.2. The summed E-state index contributed by atoms with van der Waals surface area (Å²) in [6.45, 7) is 2.70. The number of alkyl carbamates (subject to hydrolysis) is 1. The Balaban J connectivity index is 1.43. The zero-order chi connectivity index (χ0) is 14.7. The summed E-state index contributed by atoms with van der Waals surface area (Å²) in [5.74, 6) is 1.52. The summed E-state index contributed by atoms with van der Waals surface area (Å²) in [6.07, 6.45) is 3.18. The lowest BCUT2D eigenvalue weighted by Gasteiger charge is -2.31. The van der Waals surface area contributed by atoms with Crippen LogP contribution in [0.3, 0.4) is 0 Å².